The molecule has 0 spiro atoms. The zero-order valence-electron chi connectivity index (χ0n) is 10.2. The third kappa shape index (κ3) is 3.70. The molecule has 0 aromatic heterocycles. The summed E-state index contributed by atoms with van der Waals surface area (Å²) in [4.78, 5) is 0. The van der Waals surface area contributed by atoms with Gasteiger partial charge in [-0.15, -0.1) is 0 Å². The monoisotopic (exact) mass is 339 g/mol. The Bertz CT molecular complexity index is 574. The quantitative estimate of drug-likeness (QED) is 0.454. The zero-order chi connectivity index (χ0) is 13.8. The lowest BCUT2D eigenvalue weighted by atomic mass is 9.98. The molecule has 0 heterocycles. The van der Waals surface area contributed by atoms with E-state index in [9.17, 15) is 0 Å². The molecule has 0 bridgehead atoms. The first kappa shape index (κ1) is 14.3. The molecule has 3 nitrogen and oxygen atoms in total. The smallest absolute Gasteiger partial charge is 0.0521 e. The van der Waals surface area contributed by atoms with Crippen molar-refractivity contribution in [1.29, 1.82) is 0 Å². The highest BCUT2D eigenvalue weighted by molar-refractivity contribution is 9.10. The summed E-state index contributed by atoms with van der Waals surface area (Å²) in [5, 5.41) is 0.718. The number of rotatable bonds is 4. The van der Waals surface area contributed by atoms with E-state index < -0.39 is 0 Å². The van der Waals surface area contributed by atoms with Crippen molar-refractivity contribution in [2.45, 2.75) is 12.5 Å². The molecule has 0 amide bonds. The van der Waals surface area contributed by atoms with Crippen molar-refractivity contribution >= 4 is 33.2 Å². The minimum Gasteiger partial charge on any atom is -0.398 e. The van der Waals surface area contributed by atoms with Crippen molar-refractivity contribution in [1.82, 2.24) is 5.43 Å². The van der Waals surface area contributed by atoms with Gasteiger partial charge in [-0.3, -0.25) is 11.3 Å². The van der Waals surface area contributed by atoms with Crippen LogP contribution in [0.5, 0.6) is 0 Å². The van der Waals surface area contributed by atoms with Gasteiger partial charge in [-0.25, -0.2) is 0 Å². The molecule has 0 fully saturated rings. The van der Waals surface area contributed by atoms with E-state index >= 15 is 0 Å². The number of benzene rings is 2. The lowest BCUT2D eigenvalue weighted by Gasteiger charge is -2.19. The van der Waals surface area contributed by atoms with Crippen molar-refractivity contribution < 1.29 is 0 Å². The van der Waals surface area contributed by atoms with E-state index in [2.05, 4.69) is 21.4 Å². The van der Waals surface area contributed by atoms with Crippen LogP contribution in [-0.2, 0) is 6.42 Å². The SMILES string of the molecule is NNC(Cc1cccc(Cl)c1)c1cc(Br)ccc1N. The molecule has 19 heavy (non-hydrogen) atoms. The van der Waals surface area contributed by atoms with E-state index in [1.165, 1.54) is 0 Å². The van der Waals surface area contributed by atoms with E-state index in [1.807, 2.05) is 42.5 Å². The number of hydrogen-bond donors (Lipinski definition) is 3. The van der Waals surface area contributed by atoms with Crippen LogP contribution in [0.2, 0.25) is 5.02 Å². The van der Waals surface area contributed by atoms with Crippen LogP contribution >= 0.6 is 27.5 Å². The highest BCUT2D eigenvalue weighted by Crippen LogP contribution is 2.27. The lowest BCUT2D eigenvalue weighted by molar-refractivity contribution is 0.553. The van der Waals surface area contributed by atoms with Gasteiger partial charge in [-0.2, -0.15) is 0 Å². The molecule has 5 N–H and O–H groups in total. The molecule has 2 rings (SSSR count). The average Bonchev–Trinajstić information content (AvgIpc) is 2.39. The molecule has 0 saturated carbocycles. The van der Waals surface area contributed by atoms with Gasteiger partial charge in [-0.1, -0.05) is 39.7 Å². The van der Waals surface area contributed by atoms with E-state index in [-0.39, 0.29) is 6.04 Å². The van der Waals surface area contributed by atoms with Crippen LogP contribution < -0.4 is 17.0 Å². The minimum atomic E-state index is -0.0593. The van der Waals surface area contributed by atoms with Crippen molar-refractivity contribution in [2.75, 3.05) is 5.73 Å². The summed E-state index contributed by atoms with van der Waals surface area (Å²) >= 11 is 9.44. The fourth-order valence-corrected chi connectivity index (χ4v) is 2.60. The maximum absolute atomic E-state index is 6.01. The van der Waals surface area contributed by atoms with Gasteiger partial charge >= 0.3 is 0 Å². The molecule has 2 aromatic carbocycles. The molecule has 5 heteroatoms. The van der Waals surface area contributed by atoms with Crippen molar-refractivity contribution in [3.8, 4) is 0 Å². The van der Waals surface area contributed by atoms with Crippen LogP contribution in [0.15, 0.2) is 46.9 Å². The molecule has 100 valence electrons. The summed E-state index contributed by atoms with van der Waals surface area (Å²) in [6, 6.07) is 13.4. The number of hydrogen-bond acceptors (Lipinski definition) is 3. The number of halogens is 2. The zero-order valence-corrected chi connectivity index (χ0v) is 12.6. The number of nitrogens with two attached hydrogens (primary N) is 2. The normalized spacial score (nSPS) is 12.4. The van der Waals surface area contributed by atoms with E-state index in [4.69, 9.17) is 23.2 Å². The molecule has 0 radical (unpaired) electrons. The predicted molar refractivity (Wildman–Crippen MR) is 83.8 cm³/mol. The average molecular weight is 341 g/mol. The molecule has 0 saturated heterocycles. The number of nitrogen functional groups attached to an aromatic ring is 1. The van der Waals surface area contributed by atoms with E-state index in [1.54, 1.807) is 0 Å². The predicted octanol–water partition coefficient (Wildman–Crippen LogP) is 3.43. The van der Waals surface area contributed by atoms with Gasteiger partial charge in [0.1, 0.15) is 0 Å². The first-order valence-electron chi connectivity index (χ1n) is 5.85. The van der Waals surface area contributed by atoms with Crippen molar-refractivity contribution in [3.63, 3.8) is 0 Å². The van der Waals surface area contributed by atoms with Crippen LogP contribution in [-0.4, -0.2) is 0 Å². The largest absolute Gasteiger partial charge is 0.398 e. The summed E-state index contributed by atoms with van der Waals surface area (Å²) in [7, 11) is 0. The van der Waals surface area contributed by atoms with Gasteiger partial charge in [-0.05, 0) is 47.9 Å². The molecule has 0 aliphatic rings. The molecule has 2 aromatic rings. The Morgan fingerprint density at radius 2 is 2.00 bits per heavy atom. The van der Waals surface area contributed by atoms with Gasteiger partial charge in [0.15, 0.2) is 0 Å². The fourth-order valence-electron chi connectivity index (χ4n) is 2.01. The second-order valence-corrected chi connectivity index (χ2v) is 5.68. The number of anilines is 1. The Labute approximate surface area is 126 Å². The van der Waals surface area contributed by atoms with E-state index in [0.29, 0.717) is 5.69 Å². The second-order valence-electron chi connectivity index (χ2n) is 4.33. The Kier molecular flexibility index (Phi) is 4.82. The van der Waals surface area contributed by atoms with Crippen LogP contribution in [0.3, 0.4) is 0 Å². The highest BCUT2D eigenvalue weighted by atomic mass is 79.9. The number of hydrazine groups is 1. The minimum absolute atomic E-state index is 0.0593. The third-order valence-electron chi connectivity index (χ3n) is 2.95. The summed E-state index contributed by atoms with van der Waals surface area (Å²) in [5.74, 6) is 5.66. The van der Waals surface area contributed by atoms with Gasteiger partial charge in [0, 0.05) is 15.2 Å². The number of nitrogens with one attached hydrogen (secondary N) is 1. The van der Waals surface area contributed by atoms with Crippen LogP contribution in [0.4, 0.5) is 5.69 Å². The molecule has 1 atom stereocenters. The molecular formula is C14H15BrClN3. The summed E-state index contributed by atoms with van der Waals surface area (Å²) in [6.45, 7) is 0. The van der Waals surface area contributed by atoms with Crippen molar-refractivity contribution in [2.24, 2.45) is 5.84 Å². The highest BCUT2D eigenvalue weighted by Gasteiger charge is 2.14. The van der Waals surface area contributed by atoms with Crippen LogP contribution in [0, 0.1) is 0 Å². The topological polar surface area (TPSA) is 64.1 Å². The fraction of sp³-hybridized carbons (Fsp3) is 0.143. The van der Waals surface area contributed by atoms with Gasteiger partial charge in [0.05, 0.1) is 6.04 Å². The first-order chi connectivity index (χ1) is 9.10. The Hall–Kier alpha value is -1.07. The first-order valence-corrected chi connectivity index (χ1v) is 7.02. The maximum atomic E-state index is 6.01. The summed E-state index contributed by atoms with van der Waals surface area (Å²) in [6.07, 6.45) is 0.720. The van der Waals surface area contributed by atoms with Gasteiger partial charge in [0.2, 0.25) is 0 Å². The van der Waals surface area contributed by atoms with Crippen molar-refractivity contribution in [3.05, 3.63) is 63.1 Å². The Balaban J connectivity index is 2.27. The van der Waals surface area contributed by atoms with Crippen LogP contribution in [0.1, 0.15) is 17.2 Å². The molecular weight excluding hydrogens is 326 g/mol. The molecule has 0 aliphatic heterocycles. The van der Waals surface area contributed by atoms with Crippen LogP contribution in [0.25, 0.3) is 0 Å². The van der Waals surface area contributed by atoms with Gasteiger partial charge in [0.25, 0.3) is 0 Å². The second kappa shape index (κ2) is 6.39. The van der Waals surface area contributed by atoms with E-state index in [0.717, 1.165) is 27.0 Å². The van der Waals surface area contributed by atoms with Gasteiger partial charge < -0.3 is 5.73 Å². The third-order valence-corrected chi connectivity index (χ3v) is 3.68. The summed E-state index contributed by atoms with van der Waals surface area (Å²) in [5.41, 5.74) is 11.6. The molecule has 1 unspecified atom stereocenters. The molecule has 0 aliphatic carbocycles. The summed E-state index contributed by atoms with van der Waals surface area (Å²) < 4.78 is 0.975. The Morgan fingerprint density at radius 1 is 1.21 bits per heavy atom. The Morgan fingerprint density at radius 3 is 2.68 bits per heavy atom. The lowest BCUT2D eigenvalue weighted by Crippen LogP contribution is -2.30. The maximum Gasteiger partial charge on any atom is 0.0521 e. The standard InChI is InChI=1S/C14H15BrClN3/c15-10-4-5-13(17)12(8-10)14(19-18)7-9-2-1-3-11(16)6-9/h1-6,8,14,19H,7,17-18H2.